The molecule has 1 rings (SSSR count). The third-order valence-electron chi connectivity index (χ3n) is 2.05. The summed E-state index contributed by atoms with van der Waals surface area (Å²) in [5.41, 5.74) is 0.112. The maximum Gasteiger partial charge on any atom is 0.250 e. The molecule has 3 N–H and O–H groups in total. The van der Waals surface area contributed by atoms with Gasteiger partial charge in [0.1, 0.15) is 6.61 Å². The van der Waals surface area contributed by atoms with E-state index in [-0.39, 0.29) is 27.2 Å². The Morgan fingerprint density at radius 2 is 1.89 bits per heavy atom. The maximum absolute atomic E-state index is 11.5. The molecule has 19 heavy (non-hydrogen) atoms. The summed E-state index contributed by atoms with van der Waals surface area (Å²) in [7, 11) is -3.91. The minimum Gasteiger partial charge on any atom is -0.372 e. The van der Waals surface area contributed by atoms with E-state index in [1.807, 2.05) is 0 Å². The number of benzene rings is 1. The first-order valence-electron chi connectivity index (χ1n) is 5.15. The highest BCUT2D eigenvalue weighted by molar-refractivity contribution is 7.89. The van der Waals surface area contributed by atoms with Gasteiger partial charge in [-0.25, -0.2) is 13.6 Å². The summed E-state index contributed by atoms with van der Waals surface area (Å²) >= 11 is 11.7. The highest BCUT2D eigenvalue weighted by atomic mass is 35.5. The molecule has 0 aliphatic carbocycles. The van der Waals surface area contributed by atoms with Crippen LogP contribution in [0.25, 0.3) is 0 Å². The molecule has 0 bridgehead atoms. The number of halogens is 2. The Balaban J connectivity index is 3.01. The van der Waals surface area contributed by atoms with Gasteiger partial charge in [0, 0.05) is 6.61 Å². The fourth-order valence-corrected chi connectivity index (χ4v) is 2.48. The van der Waals surface area contributed by atoms with Crippen LogP contribution >= 0.6 is 23.2 Å². The van der Waals surface area contributed by atoms with E-state index in [1.54, 1.807) is 6.92 Å². The molecule has 0 aromatic heterocycles. The average Bonchev–Trinajstić information content (AvgIpc) is 2.29. The summed E-state index contributed by atoms with van der Waals surface area (Å²) in [6.45, 7) is 1.98. The van der Waals surface area contributed by atoms with E-state index >= 15 is 0 Å². The van der Waals surface area contributed by atoms with E-state index in [0.29, 0.717) is 6.61 Å². The summed E-state index contributed by atoms with van der Waals surface area (Å²) in [6.07, 6.45) is 0. The fraction of sp³-hybridized carbons (Fsp3) is 0.300. The van der Waals surface area contributed by atoms with Crippen LogP contribution in [0.1, 0.15) is 6.92 Å². The Morgan fingerprint density at radius 3 is 2.32 bits per heavy atom. The predicted octanol–water partition coefficient (Wildman–Crippen LogP) is 1.62. The van der Waals surface area contributed by atoms with Crippen molar-refractivity contribution >= 4 is 44.8 Å². The molecule has 0 heterocycles. The van der Waals surface area contributed by atoms with Crippen LogP contribution in [-0.4, -0.2) is 27.5 Å². The molecule has 1 amide bonds. The van der Waals surface area contributed by atoms with Gasteiger partial charge in [-0.1, -0.05) is 23.2 Å². The van der Waals surface area contributed by atoms with Gasteiger partial charge >= 0.3 is 0 Å². The monoisotopic (exact) mass is 326 g/mol. The van der Waals surface area contributed by atoms with Crippen molar-refractivity contribution in [1.82, 2.24) is 0 Å². The number of primary sulfonamides is 1. The molecule has 106 valence electrons. The number of amides is 1. The van der Waals surface area contributed by atoms with E-state index in [9.17, 15) is 13.2 Å². The van der Waals surface area contributed by atoms with Gasteiger partial charge in [0.15, 0.2) is 0 Å². The number of carbonyl (C=O) groups is 1. The zero-order chi connectivity index (χ0) is 14.6. The summed E-state index contributed by atoms with van der Waals surface area (Å²) in [4.78, 5) is 11.2. The Kier molecular flexibility index (Phi) is 5.57. The van der Waals surface area contributed by atoms with Crippen molar-refractivity contribution in [1.29, 1.82) is 0 Å². The Bertz CT molecular complexity index is 566. The molecule has 0 spiro atoms. The molecule has 0 fully saturated rings. The first-order valence-corrected chi connectivity index (χ1v) is 7.45. The van der Waals surface area contributed by atoms with Crippen molar-refractivity contribution in [3.63, 3.8) is 0 Å². The number of hydrogen-bond donors (Lipinski definition) is 2. The van der Waals surface area contributed by atoms with Gasteiger partial charge in [-0.15, -0.1) is 0 Å². The lowest BCUT2D eigenvalue weighted by Crippen LogP contribution is -2.19. The Hall–Kier alpha value is -0.860. The lowest BCUT2D eigenvalue weighted by molar-refractivity contribution is -0.120. The van der Waals surface area contributed by atoms with E-state index in [2.05, 4.69) is 5.32 Å². The van der Waals surface area contributed by atoms with Gasteiger partial charge in [0.25, 0.3) is 0 Å². The van der Waals surface area contributed by atoms with E-state index < -0.39 is 15.9 Å². The number of anilines is 1. The molecule has 0 aliphatic heterocycles. The van der Waals surface area contributed by atoms with Crippen LogP contribution in [0.4, 0.5) is 5.69 Å². The number of ether oxygens (including phenoxy) is 1. The normalized spacial score (nSPS) is 11.4. The van der Waals surface area contributed by atoms with Crippen LogP contribution in [0.15, 0.2) is 17.0 Å². The largest absolute Gasteiger partial charge is 0.372 e. The SMILES string of the molecule is CCOCC(=O)Nc1c(Cl)cc(S(N)(=O)=O)cc1Cl. The minimum atomic E-state index is -3.91. The number of hydrogen-bond acceptors (Lipinski definition) is 4. The quantitative estimate of drug-likeness (QED) is 0.858. The van der Waals surface area contributed by atoms with Crippen molar-refractivity contribution < 1.29 is 17.9 Å². The van der Waals surface area contributed by atoms with Crippen LogP contribution in [0, 0.1) is 0 Å². The van der Waals surface area contributed by atoms with Crippen molar-refractivity contribution in [2.75, 3.05) is 18.5 Å². The highest BCUT2D eigenvalue weighted by Gasteiger charge is 2.16. The van der Waals surface area contributed by atoms with Gasteiger partial charge < -0.3 is 10.1 Å². The summed E-state index contributed by atoms with van der Waals surface area (Å²) in [5.74, 6) is -0.450. The molecular formula is C10H12Cl2N2O4S. The number of nitrogens with two attached hydrogens (primary N) is 1. The van der Waals surface area contributed by atoms with E-state index in [4.69, 9.17) is 33.1 Å². The molecule has 1 aromatic carbocycles. The van der Waals surface area contributed by atoms with Gasteiger partial charge in [0.05, 0.1) is 20.6 Å². The summed E-state index contributed by atoms with van der Waals surface area (Å²) < 4.78 is 27.2. The standard InChI is InChI=1S/C10H12Cl2N2O4S/c1-2-18-5-9(15)14-10-7(11)3-6(4-8(10)12)19(13,16)17/h3-4H,2,5H2,1H3,(H,14,15)(H2,13,16,17). The molecule has 0 saturated heterocycles. The topological polar surface area (TPSA) is 98.5 Å². The number of sulfonamides is 1. The summed E-state index contributed by atoms with van der Waals surface area (Å²) in [5, 5.41) is 7.33. The number of nitrogens with one attached hydrogen (secondary N) is 1. The molecule has 0 aliphatic rings. The van der Waals surface area contributed by atoms with Gasteiger partial charge in [-0.2, -0.15) is 0 Å². The van der Waals surface area contributed by atoms with Crippen molar-refractivity contribution in [3.8, 4) is 0 Å². The van der Waals surface area contributed by atoms with Gasteiger partial charge in [-0.05, 0) is 19.1 Å². The molecule has 6 nitrogen and oxygen atoms in total. The van der Waals surface area contributed by atoms with Crippen LogP contribution in [-0.2, 0) is 19.6 Å². The average molecular weight is 327 g/mol. The van der Waals surface area contributed by atoms with Gasteiger partial charge in [0.2, 0.25) is 15.9 Å². The maximum atomic E-state index is 11.5. The van der Waals surface area contributed by atoms with Crippen LogP contribution in [0.5, 0.6) is 0 Å². The number of rotatable bonds is 5. The van der Waals surface area contributed by atoms with Crippen molar-refractivity contribution in [2.45, 2.75) is 11.8 Å². The minimum absolute atomic E-state index is 0.0265. The molecule has 0 saturated carbocycles. The lowest BCUT2D eigenvalue weighted by atomic mass is 10.3. The van der Waals surface area contributed by atoms with Crippen molar-refractivity contribution in [2.24, 2.45) is 5.14 Å². The second-order valence-electron chi connectivity index (χ2n) is 3.49. The Morgan fingerprint density at radius 1 is 1.37 bits per heavy atom. The molecule has 0 radical (unpaired) electrons. The second kappa shape index (κ2) is 6.53. The highest BCUT2D eigenvalue weighted by Crippen LogP contribution is 2.33. The predicted molar refractivity (Wildman–Crippen MR) is 73.0 cm³/mol. The Labute approximate surface area is 120 Å². The van der Waals surface area contributed by atoms with Crippen molar-refractivity contribution in [3.05, 3.63) is 22.2 Å². The summed E-state index contributed by atoms with van der Waals surface area (Å²) in [6, 6.07) is 2.22. The van der Waals surface area contributed by atoms with Crippen LogP contribution in [0.2, 0.25) is 10.0 Å². The van der Waals surface area contributed by atoms with Crippen LogP contribution in [0.3, 0.4) is 0 Å². The van der Waals surface area contributed by atoms with E-state index in [0.717, 1.165) is 12.1 Å². The molecule has 9 heteroatoms. The van der Waals surface area contributed by atoms with Crippen LogP contribution < -0.4 is 10.5 Å². The zero-order valence-electron chi connectivity index (χ0n) is 9.94. The lowest BCUT2D eigenvalue weighted by Gasteiger charge is -2.10. The molecule has 1 aromatic rings. The fourth-order valence-electron chi connectivity index (χ4n) is 1.20. The van der Waals surface area contributed by atoms with Gasteiger partial charge in [-0.3, -0.25) is 4.79 Å². The molecule has 0 unspecified atom stereocenters. The molecular weight excluding hydrogens is 315 g/mol. The second-order valence-corrected chi connectivity index (χ2v) is 5.87. The first-order chi connectivity index (χ1) is 8.75. The third kappa shape index (κ3) is 4.63. The first kappa shape index (κ1) is 16.2. The number of carbonyl (C=O) groups excluding carboxylic acids is 1. The smallest absolute Gasteiger partial charge is 0.250 e. The zero-order valence-corrected chi connectivity index (χ0v) is 12.3. The molecule has 0 atom stereocenters. The third-order valence-corrected chi connectivity index (χ3v) is 3.53. The van der Waals surface area contributed by atoms with E-state index in [1.165, 1.54) is 0 Å².